The highest BCUT2D eigenvalue weighted by molar-refractivity contribution is 6.30. The van der Waals surface area contributed by atoms with Gasteiger partial charge in [-0.15, -0.1) is 0 Å². The molecule has 104 valence electrons. The summed E-state index contributed by atoms with van der Waals surface area (Å²) in [5.74, 6) is 0.167. The van der Waals surface area contributed by atoms with Crippen molar-refractivity contribution in [2.45, 2.75) is 19.4 Å². The third-order valence-electron chi connectivity index (χ3n) is 2.97. The summed E-state index contributed by atoms with van der Waals surface area (Å²) in [5.41, 5.74) is 1.86. The van der Waals surface area contributed by atoms with Crippen LogP contribution in [0, 0.1) is 0 Å². The molecule has 0 N–H and O–H groups in total. The quantitative estimate of drug-likeness (QED) is 0.553. The van der Waals surface area contributed by atoms with Gasteiger partial charge in [0.1, 0.15) is 0 Å². The number of benzene rings is 2. The van der Waals surface area contributed by atoms with E-state index in [2.05, 4.69) is 0 Å². The van der Waals surface area contributed by atoms with Crippen molar-refractivity contribution >= 4 is 17.4 Å². The Hall–Kier alpha value is -1.64. The highest BCUT2D eigenvalue weighted by atomic mass is 35.5. The van der Waals surface area contributed by atoms with E-state index in [1.165, 1.54) is 0 Å². The summed E-state index contributed by atoms with van der Waals surface area (Å²) in [4.78, 5) is 11.8. The van der Waals surface area contributed by atoms with Crippen LogP contribution in [-0.4, -0.2) is 12.4 Å². The van der Waals surface area contributed by atoms with E-state index in [1.807, 2.05) is 54.6 Å². The van der Waals surface area contributed by atoms with Gasteiger partial charge < -0.3 is 4.74 Å². The molecule has 20 heavy (non-hydrogen) atoms. The van der Waals surface area contributed by atoms with E-state index in [1.54, 1.807) is 0 Å². The van der Waals surface area contributed by atoms with Gasteiger partial charge in [-0.25, -0.2) is 0 Å². The van der Waals surface area contributed by atoms with Crippen LogP contribution in [0.3, 0.4) is 0 Å². The van der Waals surface area contributed by atoms with Crippen molar-refractivity contribution in [1.82, 2.24) is 0 Å². The van der Waals surface area contributed by atoms with Crippen LogP contribution in [0.5, 0.6) is 0 Å². The molecule has 0 amide bonds. The summed E-state index contributed by atoms with van der Waals surface area (Å²) < 4.78 is 5.55. The van der Waals surface area contributed by atoms with Crippen molar-refractivity contribution in [2.24, 2.45) is 0 Å². The van der Waals surface area contributed by atoms with Gasteiger partial charge >= 0.3 is 0 Å². The molecule has 0 spiro atoms. The summed E-state index contributed by atoms with van der Waals surface area (Å²) >= 11 is 5.81. The zero-order chi connectivity index (χ0) is 14.2. The second-order valence-corrected chi connectivity index (χ2v) is 5.01. The fraction of sp³-hybridized carbons (Fsp3) is 0.235. The van der Waals surface area contributed by atoms with Crippen molar-refractivity contribution in [2.75, 3.05) is 6.61 Å². The summed E-state index contributed by atoms with van der Waals surface area (Å²) in [6, 6.07) is 16.9. The molecule has 0 aliphatic heterocycles. The van der Waals surface area contributed by atoms with Crippen LogP contribution < -0.4 is 0 Å². The lowest BCUT2D eigenvalue weighted by Crippen LogP contribution is -2.02. The van der Waals surface area contributed by atoms with E-state index < -0.39 is 0 Å². The van der Waals surface area contributed by atoms with E-state index in [4.69, 9.17) is 16.3 Å². The molecule has 2 aromatic rings. The predicted molar refractivity (Wildman–Crippen MR) is 81.1 cm³/mol. The minimum absolute atomic E-state index is 0.167. The Morgan fingerprint density at radius 1 is 1.00 bits per heavy atom. The van der Waals surface area contributed by atoms with Crippen LogP contribution in [-0.2, 0) is 11.3 Å². The topological polar surface area (TPSA) is 26.3 Å². The van der Waals surface area contributed by atoms with Crippen molar-refractivity contribution < 1.29 is 9.53 Å². The lowest BCUT2D eigenvalue weighted by molar-refractivity contribution is 0.0919. The minimum Gasteiger partial charge on any atom is -0.377 e. The lowest BCUT2D eigenvalue weighted by atomic mass is 10.1. The monoisotopic (exact) mass is 288 g/mol. The van der Waals surface area contributed by atoms with Crippen molar-refractivity contribution in [3.63, 3.8) is 0 Å². The zero-order valence-corrected chi connectivity index (χ0v) is 12.0. The van der Waals surface area contributed by atoms with E-state index in [0.717, 1.165) is 22.6 Å². The fourth-order valence-corrected chi connectivity index (χ4v) is 2.00. The number of Topliss-reactive ketones (excluding diaryl/α,β-unsaturated/α-hetero) is 1. The molecule has 0 saturated carbocycles. The molecule has 0 bridgehead atoms. The molecule has 0 fully saturated rings. The maximum Gasteiger partial charge on any atom is 0.162 e. The van der Waals surface area contributed by atoms with Crippen LogP contribution in [0.15, 0.2) is 54.6 Å². The molecule has 0 radical (unpaired) electrons. The number of ether oxygens (including phenoxy) is 1. The smallest absolute Gasteiger partial charge is 0.162 e. The van der Waals surface area contributed by atoms with Crippen LogP contribution in [0.2, 0.25) is 5.02 Å². The first-order valence-corrected chi connectivity index (χ1v) is 7.04. The van der Waals surface area contributed by atoms with Gasteiger partial charge in [-0.05, 0) is 24.1 Å². The van der Waals surface area contributed by atoms with Gasteiger partial charge in [-0.3, -0.25) is 4.79 Å². The second kappa shape index (κ2) is 7.83. The Balaban J connectivity index is 1.64. The number of carbonyl (C=O) groups excluding carboxylic acids is 1. The third kappa shape index (κ3) is 4.80. The highest BCUT2D eigenvalue weighted by Crippen LogP contribution is 2.11. The molecule has 2 rings (SSSR count). The average Bonchev–Trinajstić information content (AvgIpc) is 2.49. The maximum atomic E-state index is 11.8. The summed E-state index contributed by atoms with van der Waals surface area (Å²) in [6.07, 6.45) is 1.26. The van der Waals surface area contributed by atoms with Crippen LogP contribution >= 0.6 is 11.6 Å². The number of ketones is 1. The predicted octanol–water partition coefficient (Wildman–Crippen LogP) is 4.52. The molecule has 0 aliphatic carbocycles. The Morgan fingerprint density at radius 2 is 1.70 bits per heavy atom. The molecule has 0 aromatic heterocycles. The first kappa shape index (κ1) is 14.8. The zero-order valence-electron chi connectivity index (χ0n) is 11.2. The van der Waals surface area contributed by atoms with Gasteiger partial charge in [-0.1, -0.05) is 54.1 Å². The number of rotatable bonds is 7. The first-order valence-electron chi connectivity index (χ1n) is 6.66. The third-order valence-corrected chi connectivity index (χ3v) is 3.22. The van der Waals surface area contributed by atoms with Gasteiger partial charge in [0.05, 0.1) is 6.61 Å². The Labute approximate surface area is 124 Å². The molecule has 0 unspecified atom stereocenters. The maximum absolute atomic E-state index is 11.8. The van der Waals surface area contributed by atoms with Gasteiger partial charge in [-0.2, -0.15) is 0 Å². The van der Waals surface area contributed by atoms with Gasteiger partial charge in [0.25, 0.3) is 0 Å². The summed E-state index contributed by atoms with van der Waals surface area (Å²) in [5, 5.41) is 0.724. The van der Waals surface area contributed by atoms with Crippen LogP contribution in [0.4, 0.5) is 0 Å². The molecular formula is C17H17ClO2. The summed E-state index contributed by atoms with van der Waals surface area (Å²) in [6.45, 7) is 1.14. The van der Waals surface area contributed by atoms with Crippen molar-refractivity contribution in [3.8, 4) is 0 Å². The number of hydrogen-bond acceptors (Lipinski definition) is 2. The van der Waals surface area contributed by atoms with E-state index in [9.17, 15) is 4.79 Å². The van der Waals surface area contributed by atoms with Crippen LogP contribution in [0.25, 0.3) is 0 Å². The normalized spacial score (nSPS) is 10.4. The Bertz CT molecular complexity index is 535. The lowest BCUT2D eigenvalue weighted by Gasteiger charge is -2.04. The number of carbonyl (C=O) groups is 1. The highest BCUT2D eigenvalue weighted by Gasteiger charge is 2.04. The Morgan fingerprint density at radius 3 is 2.40 bits per heavy atom. The van der Waals surface area contributed by atoms with E-state index >= 15 is 0 Å². The van der Waals surface area contributed by atoms with Crippen molar-refractivity contribution in [3.05, 3.63) is 70.7 Å². The molecule has 2 aromatic carbocycles. The SMILES string of the molecule is O=C(CCCOCc1ccc(Cl)cc1)c1ccccc1. The fourth-order valence-electron chi connectivity index (χ4n) is 1.87. The van der Waals surface area contributed by atoms with Crippen molar-refractivity contribution in [1.29, 1.82) is 0 Å². The van der Waals surface area contributed by atoms with E-state index in [-0.39, 0.29) is 5.78 Å². The van der Waals surface area contributed by atoms with Crippen LogP contribution in [0.1, 0.15) is 28.8 Å². The number of halogens is 1. The first-order chi connectivity index (χ1) is 9.75. The van der Waals surface area contributed by atoms with Gasteiger partial charge in [0.2, 0.25) is 0 Å². The molecular weight excluding hydrogens is 272 g/mol. The summed E-state index contributed by atoms with van der Waals surface area (Å²) in [7, 11) is 0. The average molecular weight is 289 g/mol. The second-order valence-electron chi connectivity index (χ2n) is 4.57. The van der Waals surface area contributed by atoms with Gasteiger partial charge in [0.15, 0.2) is 5.78 Å². The molecule has 2 nitrogen and oxygen atoms in total. The number of hydrogen-bond donors (Lipinski definition) is 0. The molecule has 3 heteroatoms. The molecule has 0 heterocycles. The molecule has 0 aliphatic rings. The molecule has 0 atom stereocenters. The largest absolute Gasteiger partial charge is 0.377 e. The van der Waals surface area contributed by atoms with Gasteiger partial charge in [0, 0.05) is 23.6 Å². The van der Waals surface area contributed by atoms with E-state index in [0.29, 0.717) is 19.6 Å². The minimum atomic E-state index is 0.167. The standard InChI is InChI=1S/C17H17ClO2/c18-16-10-8-14(9-11-16)13-20-12-4-7-17(19)15-5-2-1-3-6-15/h1-3,5-6,8-11H,4,7,12-13H2. The molecule has 0 saturated heterocycles. The Kier molecular flexibility index (Phi) is 5.78.